The van der Waals surface area contributed by atoms with E-state index in [-0.39, 0.29) is 11.9 Å². The molecule has 0 radical (unpaired) electrons. The van der Waals surface area contributed by atoms with Crippen LogP contribution < -0.4 is 5.32 Å². The Morgan fingerprint density at radius 3 is 2.75 bits per heavy atom. The lowest BCUT2D eigenvalue weighted by molar-refractivity contribution is 0.544. The molecule has 3 heteroatoms. The van der Waals surface area contributed by atoms with E-state index in [1.54, 1.807) is 6.07 Å². The summed E-state index contributed by atoms with van der Waals surface area (Å²) in [5, 5.41) is 12.1. The Kier molecular flexibility index (Phi) is 4.49. The second-order valence-corrected chi connectivity index (χ2v) is 4.93. The van der Waals surface area contributed by atoms with E-state index in [4.69, 9.17) is 5.26 Å². The maximum Gasteiger partial charge on any atom is 0.127 e. The van der Waals surface area contributed by atoms with Crippen molar-refractivity contribution in [2.75, 3.05) is 0 Å². The molecule has 0 aliphatic heterocycles. The monoisotopic (exact) mass is 268 g/mol. The molecular formula is C17H17FN2. The molecule has 1 atom stereocenters. The van der Waals surface area contributed by atoms with Crippen molar-refractivity contribution in [1.29, 1.82) is 5.26 Å². The largest absolute Gasteiger partial charge is 0.306 e. The molecule has 0 spiro atoms. The number of benzene rings is 2. The molecule has 2 nitrogen and oxygen atoms in total. The van der Waals surface area contributed by atoms with Crippen LogP contribution in [0.2, 0.25) is 0 Å². The van der Waals surface area contributed by atoms with Gasteiger partial charge >= 0.3 is 0 Å². The van der Waals surface area contributed by atoms with Gasteiger partial charge in [-0.2, -0.15) is 5.26 Å². The number of nitrogens with one attached hydrogen (secondary N) is 1. The Balaban J connectivity index is 2.07. The van der Waals surface area contributed by atoms with E-state index >= 15 is 0 Å². The van der Waals surface area contributed by atoms with Gasteiger partial charge in [0.15, 0.2) is 0 Å². The van der Waals surface area contributed by atoms with Gasteiger partial charge in [-0.05, 0) is 37.6 Å². The van der Waals surface area contributed by atoms with Crippen molar-refractivity contribution in [3.8, 4) is 6.07 Å². The van der Waals surface area contributed by atoms with Crippen LogP contribution >= 0.6 is 0 Å². The summed E-state index contributed by atoms with van der Waals surface area (Å²) in [5.41, 5.74) is 3.37. The molecule has 102 valence electrons. The summed E-state index contributed by atoms with van der Waals surface area (Å²) < 4.78 is 13.7. The SMILES string of the molecule is Cc1cccc([C@H](C)NCc2cc(C#N)ccc2F)c1. The zero-order valence-electron chi connectivity index (χ0n) is 11.7. The molecule has 2 aromatic rings. The molecule has 0 aromatic heterocycles. The minimum Gasteiger partial charge on any atom is -0.306 e. The highest BCUT2D eigenvalue weighted by molar-refractivity contribution is 5.34. The van der Waals surface area contributed by atoms with Gasteiger partial charge < -0.3 is 5.32 Å². The van der Waals surface area contributed by atoms with Crippen molar-refractivity contribution in [3.63, 3.8) is 0 Å². The first-order valence-electron chi connectivity index (χ1n) is 6.58. The molecule has 20 heavy (non-hydrogen) atoms. The fraction of sp³-hybridized carbons (Fsp3) is 0.235. The third kappa shape index (κ3) is 3.43. The lowest BCUT2D eigenvalue weighted by Gasteiger charge is -2.15. The van der Waals surface area contributed by atoms with Crippen LogP contribution in [0, 0.1) is 24.1 Å². The number of nitrogens with zero attached hydrogens (tertiary/aromatic N) is 1. The first-order valence-corrected chi connectivity index (χ1v) is 6.58. The van der Waals surface area contributed by atoms with Gasteiger partial charge in [-0.1, -0.05) is 29.8 Å². The quantitative estimate of drug-likeness (QED) is 0.914. The third-order valence-electron chi connectivity index (χ3n) is 3.32. The maximum atomic E-state index is 13.7. The van der Waals surface area contributed by atoms with Gasteiger partial charge in [0.05, 0.1) is 11.6 Å². The molecule has 0 fully saturated rings. The van der Waals surface area contributed by atoms with Crippen molar-refractivity contribution < 1.29 is 4.39 Å². The summed E-state index contributed by atoms with van der Waals surface area (Å²) in [6.07, 6.45) is 0. The van der Waals surface area contributed by atoms with E-state index < -0.39 is 0 Å². The van der Waals surface area contributed by atoms with Crippen molar-refractivity contribution >= 4 is 0 Å². The van der Waals surface area contributed by atoms with Crippen LogP contribution in [0.1, 0.15) is 35.2 Å². The highest BCUT2D eigenvalue weighted by atomic mass is 19.1. The molecule has 0 heterocycles. The van der Waals surface area contributed by atoms with Gasteiger partial charge in [0.2, 0.25) is 0 Å². The first-order chi connectivity index (χ1) is 9.60. The highest BCUT2D eigenvalue weighted by Gasteiger charge is 2.08. The Labute approximate surface area is 118 Å². The number of hydrogen-bond acceptors (Lipinski definition) is 2. The predicted molar refractivity (Wildman–Crippen MR) is 77.5 cm³/mol. The summed E-state index contributed by atoms with van der Waals surface area (Å²) in [5.74, 6) is -0.284. The van der Waals surface area contributed by atoms with Gasteiger partial charge in [0, 0.05) is 18.2 Å². The van der Waals surface area contributed by atoms with Crippen molar-refractivity contribution in [1.82, 2.24) is 5.32 Å². The molecule has 0 aliphatic carbocycles. The third-order valence-corrected chi connectivity index (χ3v) is 3.32. The lowest BCUT2D eigenvalue weighted by atomic mass is 10.1. The number of halogens is 1. The second kappa shape index (κ2) is 6.31. The molecule has 2 aromatic carbocycles. The van der Waals surface area contributed by atoms with Gasteiger partial charge in [0.1, 0.15) is 5.82 Å². The zero-order chi connectivity index (χ0) is 14.5. The average molecular weight is 268 g/mol. The molecule has 0 saturated heterocycles. The Morgan fingerprint density at radius 1 is 1.25 bits per heavy atom. The first kappa shape index (κ1) is 14.2. The highest BCUT2D eigenvalue weighted by Crippen LogP contribution is 2.16. The summed E-state index contributed by atoms with van der Waals surface area (Å²) in [7, 11) is 0. The van der Waals surface area contributed by atoms with Gasteiger partial charge in [0.25, 0.3) is 0 Å². The molecule has 2 rings (SSSR count). The van der Waals surface area contributed by atoms with E-state index in [0.29, 0.717) is 17.7 Å². The van der Waals surface area contributed by atoms with Gasteiger partial charge in [-0.25, -0.2) is 4.39 Å². The molecule has 0 bridgehead atoms. The predicted octanol–water partition coefficient (Wildman–Crippen LogP) is 3.86. The van der Waals surface area contributed by atoms with Crippen LogP contribution in [0.4, 0.5) is 4.39 Å². The van der Waals surface area contributed by atoms with Gasteiger partial charge in [-0.15, -0.1) is 0 Å². The van der Waals surface area contributed by atoms with Gasteiger partial charge in [-0.3, -0.25) is 0 Å². The summed E-state index contributed by atoms with van der Waals surface area (Å²) in [6, 6.07) is 14.8. The van der Waals surface area contributed by atoms with Crippen LogP contribution in [0.5, 0.6) is 0 Å². The standard InChI is InChI=1S/C17H17FN2/c1-12-4-3-5-15(8-12)13(2)20-11-16-9-14(10-19)6-7-17(16)18/h3-9,13,20H,11H2,1-2H3/t13-/m0/s1. The summed E-state index contributed by atoms with van der Waals surface area (Å²) in [6.45, 7) is 4.49. The second-order valence-electron chi connectivity index (χ2n) is 4.93. The van der Waals surface area contributed by atoms with E-state index in [1.165, 1.54) is 23.3 Å². The van der Waals surface area contributed by atoms with Crippen molar-refractivity contribution in [2.24, 2.45) is 0 Å². The summed E-state index contributed by atoms with van der Waals surface area (Å²) in [4.78, 5) is 0. The normalized spacial score (nSPS) is 11.9. The summed E-state index contributed by atoms with van der Waals surface area (Å²) >= 11 is 0. The van der Waals surface area contributed by atoms with Crippen LogP contribution in [0.15, 0.2) is 42.5 Å². The molecule has 1 N–H and O–H groups in total. The Hall–Kier alpha value is -2.18. The smallest absolute Gasteiger partial charge is 0.127 e. The van der Waals surface area contributed by atoms with Crippen LogP contribution in [0.25, 0.3) is 0 Å². The van der Waals surface area contributed by atoms with Crippen molar-refractivity contribution in [3.05, 3.63) is 70.5 Å². The molecule has 0 unspecified atom stereocenters. The number of nitriles is 1. The number of hydrogen-bond donors (Lipinski definition) is 1. The van der Waals surface area contributed by atoms with E-state index in [0.717, 1.165) is 0 Å². The molecule has 0 saturated carbocycles. The average Bonchev–Trinajstić information content (AvgIpc) is 2.46. The Bertz CT molecular complexity index is 644. The van der Waals surface area contributed by atoms with E-state index in [2.05, 4.69) is 11.4 Å². The molecular weight excluding hydrogens is 251 g/mol. The van der Waals surface area contributed by atoms with Crippen LogP contribution in [-0.2, 0) is 6.54 Å². The molecule has 0 aliphatic rings. The fourth-order valence-electron chi connectivity index (χ4n) is 2.10. The van der Waals surface area contributed by atoms with Crippen LogP contribution in [0.3, 0.4) is 0 Å². The van der Waals surface area contributed by atoms with E-state index in [9.17, 15) is 4.39 Å². The van der Waals surface area contributed by atoms with E-state index in [1.807, 2.05) is 38.1 Å². The number of rotatable bonds is 4. The Morgan fingerprint density at radius 2 is 2.05 bits per heavy atom. The van der Waals surface area contributed by atoms with Crippen LogP contribution in [-0.4, -0.2) is 0 Å². The topological polar surface area (TPSA) is 35.8 Å². The van der Waals surface area contributed by atoms with Crippen molar-refractivity contribution in [2.45, 2.75) is 26.4 Å². The molecule has 0 amide bonds. The number of aryl methyl sites for hydroxylation is 1. The lowest BCUT2D eigenvalue weighted by Crippen LogP contribution is -2.19. The fourth-order valence-corrected chi connectivity index (χ4v) is 2.10. The zero-order valence-corrected chi connectivity index (χ0v) is 11.7. The minimum atomic E-state index is -0.284. The maximum absolute atomic E-state index is 13.7. The minimum absolute atomic E-state index is 0.125.